The lowest BCUT2D eigenvalue weighted by Crippen LogP contribution is -2.48. The molecule has 0 radical (unpaired) electrons. The molecule has 1 aromatic rings. The molecule has 1 aromatic carbocycles. The summed E-state index contributed by atoms with van der Waals surface area (Å²) in [6.07, 6.45) is 0.0418. The molecule has 1 unspecified atom stereocenters. The maximum Gasteiger partial charge on any atom is 0.326 e. The number of rotatable bonds is 11. The highest BCUT2D eigenvalue weighted by molar-refractivity contribution is 7.89. The van der Waals surface area contributed by atoms with E-state index in [9.17, 15) is 23.1 Å². The predicted octanol–water partition coefficient (Wildman–Crippen LogP) is 0.485. The fourth-order valence-electron chi connectivity index (χ4n) is 2.16. The van der Waals surface area contributed by atoms with Crippen LogP contribution in [0.3, 0.4) is 0 Å². The summed E-state index contributed by atoms with van der Waals surface area (Å²) in [5, 5.41) is 9.40. The van der Waals surface area contributed by atoms with Gasteiger partial charge in [0, 0.05) is 13.5 Å². The molecule has 0 aliphatic carbocycles. The van der Waals surface area contributed by atoms with Crippen LogP contribution in [0.2, 0.25) is 0 Å². The van der Waals surface area contributed by atoms with Crippen molar-refractivity contribution in [1.82, 2.24) is 9.62 Å². The topological polar surface area (TPSA) is 113 Å². The number of hydrogen-bond donors (Lipinski definition) is 2. The first-order chi connectivity index (χ1) is 12.1. The molecule has 0 aliphatic heterocycles. The first-order valence-electron chi connectivity index (χ1n) is 8.23. The van der Waals surface area contributed by atoms with Crippen LogP contribution in [0.5, 0.6) is 0 Å². The number of carboxylic acids is 1. The van der Waals surface area contributed by atoms with Gasteiger partial charge in [-0.2, -0.15) is 0 Å². The van der Waals surface area contributed by atoms with E-state index in [1.54, 1.807) is 38.1 Å². The fourth-order valence-corrected chi connectivity index (χ4v) is 2.97. The Hall–Kier alpha value is -1.97. The monoisotopic (exact) mass is 386 g/mol. The number of ether oxygens (including phenoxy) is 1. The van der Waals surface area contributed by atoms with Gasteiger partial charge in [-0.3, -0.25) is 4.79 Å². The number of likely N-dealkylation sites (N-methyl/N-ethyl adjacent to an activating group) is 1. The first kappa shape index (κ1) is 22.1. The van der Waals surface area contributed by atoms with E-state index in [0.29, 0.717) is 0 Å². The van der Waals surface area contributed by atoms with Crippen LogP contribution in [0.25, 0.3) is 0 Å². The Morgan fingerprint density at radius 1 is 1.23 bits per heavy atom. The van der Waals surface area contributed by atoms with Crippen LogP contribution in [0, 0.1) is 0 Å². The third-order valence-corrected chi connectivity index (χ3v) is 4.95. The van der Waals surface area contributed by atoms with Crippen molar-refractivity contribution in [1.29, 1.82) is 0 Å². The molecule has 1 rings (SSSR count). The highest BCUT2D eigenvalue weighted by atomic mass is 32.2. The largest absolute Gasteiger partial charge is 0.480 e. The SMILES string of the molecule is CC(C)OCCS(=O)(=O)NCC(=O)N(C)C(Cc1ccccc1)C(=O)O. The quantitative estimate of drug-likeness (QED) is 0.572. The minimum Gasteiger partial charge on any atom is -0.480 e. The summed E-state index contributed by atoms with van der Waals surface area (Å²) in [5.74, 6) is -2.05. The van der Waals surface area contributed by atoms with Crippen molar-refractivity contribution in [2.24, 2.45) is 0 Å². The number of benzene rings is 1. The number of sulfonamides is 1. The van der Waals surface area contributed by atoms with Crippen LogP contribution in [0.1, 0.15) is 19.4 Å². The Morgan fingerprint density at radius 3 is 2.38 bits per heavy atom. The predicted molar refractivity (Wildman–Crippen MR) is 97.2 cm³/mol. The van der Waals surface area contributed by atoms with Gasteiger partial charge in [-0.25, -0.2) is 17.9 Å². The third-order valence-electron chi connectivity index (χ3n) is 3.66. The van der Waals surface area contributed by atoms with Crippen molar-refractivity contribution < 1.29 is 27.9 Å². The molecule has 26 heavy (non-hydrogen) atoms. The third kappa shape index (κ3) is 7.94. The van der Waals surface area contributed by atoms with Gasteiger partial charge in [0.05, 0.1) is 25.0 Å². The highest BCUT2D eigenvalue weighted by Crippen LogP contribution is 2.08. The Morgan fingerprint density at radius 2 is 1.85 bits per heavy atom. The average Bonchev–Trinajstić information content (AvgIpc) is 2.57. The van der Waals surface area contributed by atoms with Gasteiger partial charge in [0.2, 0.25) is 15.9 Å². The summed E-state index contributed by atoms with van der Waals surface area (Å²) >= 11 is 0. The van der Waals surface area contributed by atoms with Gasteiger partial charge < -0.3 is 14.7 Å². The molecule has 0 saturated heterocycles. The lowest BCUT2D eigenvalue weighted by Gasteiger charge is -2.25. The van der Waals surface area contributed by atoms with E-state index in [4.69, 9.17) is 4.74 Å². The molecular formula is C17H26N2O6S. The normalized spacial score (nSPS) is 12.8. The summed E-state index contributed by atoms with van der Waals surface area (Å²) in [7, 11) is -2.33. The van der Waals surface area contributed by atoms with Crippen LogP contribution >= 0.6 is 0 Å². The van der Waals surface area contributed by atoms with E-state index in [0.717, 1.165) is 10.5 Å². The van der Waals surface area contributed by atoms with Gasteiger partial charge in [0.25, 0.3) is 0 Å². The molecule has 9 heteroatoms. The zero-order valence-corrected chi connectivity index (χ0v) is 16.0. The number of nitrogens with one attached hydrogen (secondary N) is 1. The molecule has 0 spiro atoms. The summed E-state index contributed by atoms with van der Waals surface area (Å²) < 4.78 is 31.1. The molecule has 0 saturated carbocycles. The molecule has 0 aliphatic rings. The fraction of sp³-hybridized carbons (Fsp3) is 0.529. The Kier molecular flexibility index (Phi) is 8.70. The number of carboxylic acid groups (broad SMARTS) is 1. The van der Waals surface area contributed by atoms with E-state index in [-0.39, 0.29) is 24.9 Å². The molecule has 0 bridgehead atoms. The van der Waals surface area contributed by atoms with Crippen molar-refractivity contribution in [3.05, 3.63) is 35.9 Å². The highest BCUT2D eigenvalue weighted by Gasteiger charge is 2.27. The second kappa shape index (κ2) is 10.2. The van der Waals surface area contributed by atoms with Crippen LogP contribution in [0.15, 0.2) is 30.3 Å². The standard InChI is InChI=1S/C17H26N2O6S/c1-13(2)25-9-10-26(23,24)18-12-16(20)19(3)15(17(21)22)11-14-7-5-4-6-8-14/h4-8,13,15,18H,9-12H2,1-3H3,(H,21,22). The van der Waals surface area contributed by atoms with E-state index in [1.165, 1.54) is 7.05 Å². The minimum atomic E-state index is -3.68. The lowest BCUT2D eigenvalue weighted by atomic mass is 10.1. The second-order valence-corrected chi connectivity index (χ2v) is 8.03. The number of amides is 1. The zero-order chi connectivity index (χ0) is 19.7. The molecule has 2 N–H and O–H groups in total. The maximum atomic E-state index is 12.2. The number of aliphatic carboxylic acids is 1. The Labute approximate surface area is 154 Å². The average molecular weight is 386 g/mol. The van der Waals surface area contributed by atoms with Gasteiger partial charge in [-0.1, -0.05) is 30.3 Å². The number of hydrogen-bond acceptors (Lipinski definition) is 5. The summed E-state index contributed by atoms with van der Waals surface area (Å²) in [6.45, 7) is 3.09. The van der Waals surface area contributed by atoms with Crippen LogP contribution in [0.4, 0.5) is 0 Å². The van der Waals surface area contributed by atoms with Crippen molar-refractivity contribution in [2.75, 3.05) is 26.0 Å². The van der Waals surface area contributed by atoms with Crippen molar-refractivity contribution >= 4 is 21.9 Å². The first-order valence-corrected chi connectivity index (χ1v) is 9.89. The minimum absolute atomic E-state index is 0.0167. The van der Waals surface area contributed by atoms with Crippen molar-refractivity contribution in [3.8, 4) is 0 Å². The number of carbonyl (C=O) groups is 2. The Bertz CT molecular complexity index is 690. The van der Waals surface area contributed by atoms with E-state index < -0.39 is 34.5 Å². The van der Waals surface area contributed by atoms with E-state index in [1.807, 2.05) is 6.07 Å². The van der Waals surface area contributed by atoms with Crippen molar-refractivity contribution in [2.45, 2.75) is 32.4 Å². The van der Waals surface area contributed by atoms with Gasteiger partial charge >= 0.3 is 5.97 Å². The molecule has 146 valence electrons. The summed E-state index contributed by atoms with van der Waals surface area (Å²) in [6, 6.07) is 7.83. The molecule has 1 atom stereocenters. The lowest BCUT2D eigenvalue weighted by molar-refractivity contribution is -0.148. The zero-order valence-electron chi connectivity index (χ0n) is 15.2. The van der Waals surface area contributed by atoms with Crippen LogP contribution < -0.4 is 4.72 Å². The smallest absolute Gasteiger partial charge is 0.326 e. The molecule has 0 heterocycles. The van der Waals surface area contributed by atoms with Gasteiger partial charge in [0.15, 0.2) is 0 Å². The Balaban J connectivity index is 2.61. The van der Waals surface area contributed by atoms with Gasteiger partial charge in [-0.05, 0) is 19.4 Å². The maximum absolute atomic E-state index is 12.2. The van der Waals surface area contributed by atoms with E-state index in [2.05, 4.69) is 4.72 Å². The molecule has 0 aromatic heterocycles. The van der Waals surface area contributed by atoms with Crippen LogP contribution in [-0.4, -0.2) is 68.4 Å². The van der Waals surface area contributed by atoms with Gasteiger partial charge in [-0.15, -0.1) is 0 Å². The van der Waals surface area contributed by atoms with Crippen LogP contribution in [-0.2, 0) is 30.8 Å². The molecule has 1 amide bonds. The molecule has 0 fully saturated rings. The molecule has 8 nitrogen and oxygen atoms in total. The molecular weight excluding hydrogens is 360 g/mol. The van der Waals surface area contributed by atoms with Gasteiger partial charge in [0.1, 0.15) is 6.04 Å². The van der Waals surface area contributed by atoms with E-state index >= 15 is 0 Å². The number of carbonyl (C=O) groups excluding carboxylic acids is 1. The summed E-state index contributed by atoms with van der Waals surface area (Å²) in [5.41, 5.74) is 0.769. The number of nitrogens with zero attached hydrogens (tertiary/aromatic N) is 1. The van der Waals surface area contributed by atoms with Crippen molar-refractivity contribution in [3.63, 3.8) is 0 Å². The summed E-state index contributed by atoms with van der Waals surface area (Å²) in [4.78, 5) is 24.8. The second-order valence-electron chi connectivity index (χ2n) is 6.11.